The zero-order chi connectivity index (χ0) is 16.2. The van der Waals surface area contributed by atoms with Gasteiger partial charge in [-0.2, -0.15) is 0 Å². The van der Waals surface area contributed by atoms with Crippen LogP contribution in [0.3, 0.4) is 0 Å². The molecular formula is C18H19BrN2O2. The monoisotopic (exact) mass is 374 g/mol. The molecule has 3 rings (SSSR count). The Morgan fingerprint density at radius 2 is 2.00 bits per heavy atom. The average Bonchev–Trinajstić information content (AvgIpc) is 2.57. The number of carboxylic acids is 1. The minimum Gasteiger partial charge on any atom is -0.481 e. The topological polar surface area (TPSA) is 53.4 Å². The number of halogens is 1. The third-order valence-electron chi connectivity index (χ3n) is 4.38. The number of benzene rings is 1. The van der Waals surface area contributed by atoms with Crippen molar-refractivity contribution < 1.29 is 9.90 Å². The molecule has 4 nitrogen and oxygen atoms in total. The van der Waals surface area contributed by atoms with Crippen molar-refractivity contribution in [3.63, 3.8) is 0 Å². The highest BCUT2D eigenvalue weighted by Gasteiger charge is 2.30. The largest absolute Gasteiger partial charge is 0.481 e. The van der Waals surface area contributed by atoms with Gasteiger partial charge in [-0.05, 0) is 55.8 Å². The number of piperidine rings is 1. The molecule has 1 atom stereocenters. The summed E-state index contributed by atoms with van der Waals surface area (Å²) < 4.78 is 1.04. The first kappa shape index (κ1) is 16.1. The molecule has 1 saturated heterocycles. The molecule has 120 valence electrons. The fourth-order valence-corrected chi connectivity index (χ4v) is 3.60. The number of hydrogen-bond acceptors (Lipinski definition) is 3. The molecule has 1 aliphatic rings. The Labute approximate surface area is 144 Å². The molecule has 0 amide bonds. The van der Waals surface area contributed by atoms with Gasteiger partial charge >= 0.3 is 5.97 Å². The van der Waals surface area contributed by atoms with Gasteiger partial charge in [0.05, 0.1) is 17.7 Å². The molecule has 1 fully saturated rings. The molecule has 1 N–H and O–H groups in total. The zero-order valence-corrected chi connectivity index (χ0v) is 14.3. The van der Waals surface area contributed by atoms with Crippen LogP contribution in [-0.4, -0.2) is 34.0 Å². The van der Waals surface area contributed by atoms with E-state index in [9.17, 15) is 9.90 Å². The normalized spacial score (nSPS) is 17.8. The lowest BCUT2D eigenvalue weighted by atomic mass is 9.93. The Balaban J connectivity index is 1.89. The van der Waals surface area contributed by atoms with Crippen molar-refractivity contribution in [2.24, 2.45) is 5.92 Å². The van der Waals surface area contributed by atoms with Crippen molar-refractivity contribution in [3.8, 4) is 0 Å². The number of likely N-dealkylation sites (tertiary alicyclic amines) is 1. The number of carboxylic acid groups (broad SMARTS) is 1. The molecule has 1 unspecified atom stereocenters. The maximum absolute atomic E-state index is 11.2. The second-order valence-corrected chi connectivity index (χ2v) is 6.78. The lowest BCUT2D eigenvalue weighted by Gasteiger charge is -2.36. The lowest BCUT2D eigenvalue weighted by Crippen LogP contribution is -2.39. The summed E-state index contributed by atoms with van der Waals surface area (Å²) in [5.74, 6) is -0.903. The summed E-state index contributed by atoms with van der Waals surface area (Å²) >= 11 is 3.54. The standard InChI is InChI=1S/C18H19BrN2O2/c19-15-5-3-4-14(12-15)17(16-6-1-2-9-20-16)21-10-7-13(8-11-21)18(22)23/h1-6,9,12-13,17H,7-8,10-11H2,(H,22,23). The minimum absolute atomic E-state index is 0.0587. The third kappa shape index (κ3) is 3.79. The van der Waals surface area contributed by atoms with Crippen molar-refractivity contribution in [3.05, 3.63) is 64.4 Å². The van der Waals surface area contributed by atoms with Gasteiger partial charge in [-0.25, -0.2) is 0 Å². The van der Waals surface area contributed by atoms with Crippen LogP contribution >= 0.6 is 15.9 Å². The Morgan fingerprint density at radius 3 is 2.61 bits per heavy atom. The Bertz CT molecular complexity index is 670. The molecule has 2 aromatic rings. The van der Waals surface area contributed by atoms with Crippen molar-refractivity contribution in [2.75, 3.05) is 13.1 Å². The van der Waals surface area contributed by atoms with E-state index in [0.29, 0.717) is 12.8 Å². The second-order valence-electron chi connectivity index (χ2n) is 5.86. The van der Waals surface area contributed by atoms with Gasteiger partial charge in [0.1, 0.15) is 0 Å². The third-order valence-corrected chi connectivity index (χ3v) is 4.87. The van der Waals surface area contributed by atoms with E-state index < -0.39 is 5.97 Å². The highest BCUT2D eigenvalue weighted by molar-refractivity contribution is 9.10. The van der Waals surface area contributed by atoms with Crippen molar-refractivity contribution in [1.29, 1.82) is 0 Å². The van der Waals surface area contributed by atoms with Crippen LogP contribution in [0.1, 0.15) is 30.1 Å². The summed E-state index contributed by atoms with van der Waals surface area (Å²) in [5, 5.41) is 9.20. The zero-order valence-electron chi connectivity index (χ0n) is 12.7. The second kappa shape index (κ2) is 7.23. The van der Waals surface area contributed by atoms with Crippen LogP contribution in [0.5, 0.6) is 0 Å². The van der Waals surface area contributed by atoms with Crippen LogP contribution in [-0.2, 0) is 4.79 Å². The van der Waals surface area contributed by atoms with Gasteiger partial charge in [0.2, 0.25) is 0 Å². The summed E-state index contributed by atoms with van der Waals surface area (Å²) in [4.78, 5) is 18.1. The van der Waals surface area contributed by atoms with Crippen LogP contribution in [0.4, 0.5) is 0 Å². The van der Waals surface area contributed by atoms with E-state index in [1.54, 1.807) is 0 Å². The molecule has 0 radical (unpaired) electrons. The van der Waals surface area contributed by atoms with E-state index in [-0.39, 0.29) is 12.0 Å². The van der Waals surface area contributed by atoms with Gasteiger partial charge in [-0.15, -0.1) is 0 Å². The van der Waals surface area contributed by atoms with E-state index in [2.05, 4.69) is 37.9 Å². The summed E-state index contributed by atoms with van der Waals surface area (Å²) in [6.07, 6.45) is 3.18. The molecule has 2 heterocycles. The molecule has 23 heavy (non-hydrogen) atoms. The fraction of sp³-hybridized carbons (Fsp3) is 0.333. The molecule has 0 aliphatic carbocycles. The first-order chi connectivity index (χ1) is 11.1. The van der Waals surface area contributed by atoms with Gasteiger partial charge < -0.3 is 5.11 Å². The maximum atomic E-state index is 11.2. The Hall–Kier alpha value is -1.72. The van der Waals surface area contributed by atoms with Gasteiger partial charge in [0.15, 0.2) is 0 Å². The maximum Gasteiger partial charge on any atom is 0.306 e. The van der Waals surface area contributed by atoms with E-state index >= 15 is 0 Å². The molecule has 0 spiro atoms. The van der Waals surface area contributed by atoms with E-state index in [4.69, 9.17) is 0 Å². The number of aliphatic carboxylic acids is 1. The first-order valence-corrected chi connectivity index (χ1v) is 8.57. The van der Waals surface area contributed by atoms with Crippen LogP contribution in [0.25, 0.3) is 0 Å². The van der Waals surface area contributed by atoms with Gasteiger partial charge in [0, 0.05) is 10.7 Å². The fourth-order valence-electron chi connectivity index (χ4n) is 3.19. The lowest BCUT2D eigenvalue weighted by molar-refractivity contribution is -0.143. The quantitative estimate of drug-likeness (QED) is 0.885. The first-order valence-electron chi connectivity index (χ1n) is 7.78. The summed E-state index contributed by atoms with van der Waals surface area (Å²) in [6.45, 7) is 1.54. The Morgan fingerprint density at radius 1 is 1.22 bits per heavy atom. The molecule has 1 aromatic heterocycles. The number of rotatable bonds is 4. The Kier molecular flexibility index (Phi) is 5.08. The highest BCUT2D eigenvalue weighted by atomic mass is 79.9. The van der Waals surface area contributed by atoms with Gasteiger partial charge in [-0.3, -0.25) is 14.7 Å². The molecular weight excluding hydrogens is 356 g/mol. The highest BCUT2D eigenvalue weighted by Crippen LogP contribution is 2.32. The van der Waals surface area contributed by atoms with E-state index in [1.807, 2.05) is 36.5 Å². The van der Waals surface area contributed by atoms with Crippen molar-refractivity contribution in [2.45, 2.75) is 18.9 Å². The predicted molar refractivity (Wildman–Crippen MR) is 92.2 cm³/mol. The van der Waals surface area contributed by atoms with Crippen LogP contribution in [0.2, 0.25) is 0 Å². The van der Waals surface area contributed by atoms with Crippen LogP contribution in [0.15, 0.2) is 53.1 Å². The van der Waals surface area contributed by atoms with E-state index in [0.717, 1.165) is 23.3 Å². The molecule has 5 heteroatoms. The van der Waals surface area contributed by atoms with Crippen molar-refractivity contribution >= 4 is 21.9 Å². The van der Waals surface area contributed by atoms with E-state index in [1.165, 1.54) is 5.56 Å². The molecule has 0 bridgehead atoms. The number of pyridine rings is 1. The predicted octanol–water partition coefficient (Wildman–Crippen LogP) is 3.73. The van der Waals surface area contributed by atoms with Crippen LogP contribution in [0, 0.1) is 5.92 Å². The number of aromatic nitrogens is 1. The molecule has 1 aromatic carbocycles. The summed E-state index contributed by atoms with van der Waals surface area (Å²) in [7, 11) is 0. The number of hydrogen-bond donors (Lipinski definition) is 1. The number of nitrogens with zero attached hydrogens (tertiary/aromatic N) is 2. The minimum atomic E-state index is -0.679. The SMILES string of the molecule is O=C(O)C1CCN(C(c2cccc(Br)c2)c2ccccn2)CC1. The molecule has 1 aliphatic heterocycles. The average molecular weight is 375 g/mol. The summed E-state index contributed by atoms with van der Waals surface area (Å²) in [5.41, 5.74) is 2.17. The van der Waals surface area contributed by atoms with Crippen LogP contribution < -0.4 is 0 Å². The summed E-state index contributed by atoms with van der Waals surface area (Å²) in [6, 6.07) is 14.3. The van der Waals surface area contributed by atoms with Crippen molar-refractivity contribution in [1.82, 2.24) is 9.88 Å². The van der Waals surface area contributed by atoms with Gasteiger partial charge in [0.25, 0.3) is 0 Å². The molecule has 0 saturated carbocycles. The number of carbonyl (C=O) groups is 1. The smallest absolute Gasteiger partial charge is 0.306 e. The van der Waals surface area contributed by atoms with Gasteiger partial charge in [-0.1, -0.05) is 34.1 Å².